The number of carbonyl (C=O) groups excluding carboxylic acids is 1. The predicted octanol–water partition coefficient (Wildman–Crippen LogP) is 3.22. The van der Waals surface area contributed by atoms with Gasteiger partial charge in [-0.3, -0.25) is 4.79 Å². The Morgan fingerprint density at radius 3 is 2.14 bits per heavy atom. The summed E-state index contributed by atoms with van der Waals surface area (Å²) in [7, 11) is 0. The SMILES string of the molecule is N#Cc1cc(C(=O)c2ccc(C(F)(F)F)cc2)cc(O)c1O. The Balaban J connectivity index is 2.41. The van der Waals surface area contributed by atoms with E-state index in [2.05, 4.69) is 0 Å². The lowest BCUT2D eigenvalue weighted by Crippen LogP contribution is -2.06. The third-order valence-corrected chi connectivity index (χ3v) is 2.95. The first kappa shape index (κ1) is 15.4. The lowest BCUT2D eigenvalue weighted by Gasteiger charge is -2.08. The van der Waals surface area contributed by atoms with Crippen molar-refractivity contribution in [2.45, 2.75) is 6.18 Å². The first-order chi connectivity index (χ1) is 10.2. The highest BCUT2D eigenvalue weighted by atomic mass is 19.4. The van der Waals surface area contributed by atoms with E-state index >= 15 is 0 Å². The maximum Gasteiger partial charge on any atom is 0.416 e. The van der Waals surface area contributed by atoms with E-state index in [1.165, 1.54) is 0 Å². The second kappa shape index (κ2) is 5.41. The lowest BCUT2D eigenvalue weighted by atomic mass is 9.99. The molecule has 2 rings (SSSR count). The van der Waals surface area contributed by atoms with E-state index in [1.54, 1.807) is 6.07 Å². The van der Waals surface area contributed by atoms with Crippen LogP contribution in [-0.4, -0.2) is 16.0 Å². The number of phenols is 2. The number of halogens is 3. The molecule has 0 aromatic heterocycles. The van der Waals surface area contributed by atoms with Crippen LogP contribution in [0.3, 0.4) is 0 Å². The molecule has 0 aliphatic rings. The van der Waals surface area contributed by atoms with Crippen LogP contribution in [0, 0.1) is 11.3 Å². The van der Waals surface area contributed by atoms with Gasteiger partial charge in [0.1, 0.15) is 6.07 Å². The van der Waals surface area contributed by atoms with Gasteiger partial charge in [0.25, 0.3) is 0 Å². The minimum absolute atomic E-state index is 0.0398. The molecule has 0 spiro atoms. The molecule has 0 bridgehead atoms. The van der Waals surface area contributed by atoms with E-state index in [1.807, 2.05) is 0 Å². The fourth-order valence-electron chi connectivity index (χ4n) is 1.81. The van der Waals surface area contributed by atoms with Gasteiger partial charge >= 0.3 is 6.18 Å². The number of nitrogens with zero attached hydrogens (tertiary/aromatic N) is 1. The minimum atomic E-state index is -4.51. The molecule has 0 aliphatic carbocycles. The number of alkyl halides is 3. The molecule has 2 N–H and O–H groups in total. The molecule has 0 unspecified atom stereocenters. The molecular weight excluding hydrogens is 299 g/mol. The monoisotopic (exact) mass is 307 g/mol. The van der Waals surface area contributed by atoms with Gasteiger partial charge in [-0.15, -0.1) is 0 Å². The Hall–Kier alpha value is -3.01. The van der Waals surface area contributed by atoms with Gasteiger partial charge in [-0.25, -0.2) is 0 Å². The van der Waals surface area contributed by atoms with Crippen LogP contribution >= 0.6 is 0 Å². The van der Waals surface area contributed by atoms with E-state index < -0.39 is 29.0 Å². The number of nitriles is 1. The molecule has 0 fully saturated rings. The van der Waals surface area contributed by atoms with Crippen molar-refractivity contribution in [1.29, 1.82) is 5.26 Å². The summed E-state index contributed by atoms with van der Waals surface area (Å²) < 4.78 is 37.4. The smallest absolute Gasteiger partial charge is 0.416 e. The van der Waals surface area contributed by atoms with Crippen LogP contribution in [0.5, 0.6) is 11.5 Å². The van der Waals surface area contributed by atoms with Crippen molar-refractivity contribution in [1.82, 2.24) is 0 Å². The van der Waals surface area contributed by atoms with E-state index in [0.717, 1.165) is 36.4 Å². The highest BCUT2D eigenvalue weighted by Gasteiger charge is 2.30. The molecule has 0 radical (unpaired) electrons. The Labute approximate surface area is 122 Å². The molecule has 7 heteroatoms. The summed E-state index contributed by atoms with van der Waals surface area (Å²) >= 11 is 0. The lowest BCUT2D eigenvalue weighted by molar-refractivity contribution is -0.137. The summed E-state index contributed by atoms with van der Waals surface area (Å²) in [5.74, 6) is -2.00. The van der Waals surface area contributed by atoms with E-state index in [4.69, 9.17) is 5.26 Å². The normalized spacial score (nSPS) is 11.0. The number of aromatic hydroxyl groups is 2. The number of benzene rings is 2. The van der Waals surface area contributed by atoms with Crippen molar-refractivity contribution in [3.8, 4) is 17.6 Å². The summed E-state index contributed by atoms with van der Waals surface area (Å²) in [6.07, 6.45) is -4.51. The number of rotatable bonds is 2. The maximum absolute atomic E-state index is 12.5. The third-order valence-electron chi connectivity index (χ3n) is 2.95. The third kappa shape index (κ3) is 2.86. The molecule has 0 heterocycles. The molecule has 0 atom stereocenters. The van der Waals surface area contributed by atoms with Crippen molar-refractivity contribution in [2.75, 3.05) is 0 Å². The summed E-state index contributed by atoms with van der Waals surface area (Å²) in [4.78, 5) is 12.2. The summed E-state index contributed by atoms with van der Waals surface area (Å²) in [6, 6.07) is 7.12. The summed E-state index contributed by atoms with van der Waals surface area (Å²) in [6.45, 7) is 0. The van der Waals surface area contributed by atoms with Crippen LogP contribution in [0.2, 0.25) is 0 Å². The zero-order valence-electron chi connectivity index (χ0n) is 10.8. The summed E-state index contributed by atoms with van der Waals surface area (Å²) in [5.41, 5.74) is -1.36. The molecule has 0 amide bonds. The number of ketones is 1. The molecule has 0 saturated heterocycles. The van der Waals surface area contributed by atoms with Crippen molar-refractivity contribution in [3.05, 3.63) is 58.7 Å². The Kier molecular flexibility index (Phi) is 3.78. The van der Waals surface area contributed by atoms with Gasteiger partial charge in [0.15, 0.2) is 17.3 Å². The second-order valence-electron chi connectivity index (χ2n) is 4.41. The van der Waals surface area contributed by atoms with Gasteiger partial charge in [0, 0.05) is 11.1 Å². The second-order valence-corrected chi connectivity index (χ2v) is 4.41. The first-order valence-corrected chi connectivity index (χ1v) is 5.92. The highest BCUT2D eigenvalue weighted by molar-refractivity contribution is 6.09. The number of carbonyl (C=O) groups is 1. The molecule has 22 heavy (non-hydrogen) atoms. The van der Waals surface area contributed by atoms with Crippen molar-refractivity contribution >= 4 is 5.78 Å². The minimum Gasteiger partial charge on any atom is -0.504 e. The average Bonchev–Trinajstić information content (AvgIpc) is 2.48. The van der Waals surface area contributed by atoms with E-state index in [9.17, 15) is 28.2 Å². The van der Waals surface area contributed by atoms with Gasteiger partial charge < -0.3 is 10.2 Å². The largest absolute Gasteiger partial charge is 0.504 e. The first-order valence-electron chi connectivity index (χ1n) is 5.92. The van der Waals surface area contributed by atoms with Crippen LogP contribution < -0.4 is 0 Å². The van der Waals surface area contributed by atoms with Crippen LogP contribution in [0.25, 0.3) is 0 Å². The van der Waals surface area contributed by atoms with Crippen molar-refractivity contribution < 1.29 is 28.2 Å². The molecule has 0 aliphatic heterocycles. The Bertz CT molecular complexity index is 774. The standard InChI is InChI=1S/C15H8F3NO3/c16-15(17,18)11-3-1-8(2-4-11)13(21)9-5-10(7-19)14(22)12(20)6-9/h1-6,20,22H. The van der Waals surface area contributed by atoms with Crippen molar-refractivity contribution in [2.24, 2.45) is 0 Å². The van der Waals surface area contributed by atoms with Gasteiger partial charge in [0.05, 0.1) is 11.1 Å². The van der Waals surface area contributed by atoms with Crippen LogP contribution in [0.4, 0.5) is 13.2 Å². The van der Waals surface area contributed by atoms with E-state index in [-0.39, 0.29) is 16.7 Å². The fraction of sp³-hybridized carbons (Fsp3) is 0.0667. The van der Waals surface area contributed by atoms with E-state index in [0.29, 0.717) is 0 Å². The topological polar surface area (TPSA) is 81.3 Å². The molecule has 4 nitrogen and oxygen atoms in total. The summed E-state index contributed by atoms with van der Waals surface area (Å²) in [5, 5.41) is 27.6. The Morgan fingerprint density at radius 1 is 1.05 bits per heavy atom. The fourth-order valence-corrected chi connectivity index (χ4v) is 1.81. The van der Waals surface area contributed by atoms with Crippen molar-refractivity contribution in [3.63, 3.8) is 0 Å². The maximum atomic E-state index is 12.5. The van der Waals surface area contributed by atoms with Gasteiger partial charge in [-0.2, -0.15) is 18.4 Å². The Morgan fingerprint density at radius 2 is 1.64 bits per heavy atom. The molecular formula is C15H8F3NO3. The predicted molar refractivity (Wildman–Crippen MR) is 69.4 cm³/mol. The highest BCUT2D eigenvalue weighted by Crippen LogP contribution is 2.32. The van der Waals surface area contributed by atoms with Crippen LogP contribution in [-0.2, 0) is 6.18 Å². The number of hydrogen-bond donors (Lipinski definition) is 2. The zero-order chi connectivity index (χ0) is 16.5. The quantitative estimate of drug-likeness (QED) is 0.659. The number of phenolic OH excluding ortho intramolecular Hbond substituents is 2. The van der Waals surface area contributed by atoms with Crippen LogP contribution in [0.15, 0.2) is 36.4 Å². The zero-order valence-corrected chi connectivity index (χ0v) is 10.8. The van der Waals surface area contributed by atoms with Gasteiger partial charge in [-0.1, -0.05) is 12.1 Å². The average molecular weight is 307 g/mol. The van der Waals surface area contributed by atoms with Gasteiger partial charge in [0.2, 0.25) is 0 Å². The van der Waals surface area contributed by atoms with Crippen LogP contribution in [0.1, 0.15) is 27.0 Å². The molecule has 112 valence electrons. The van der Waals surface area contributed by atoms with Gasteiger partial charge in [-0.05, 0) is 24.3 Å². The number of hydrogen-bond acceptors (Lipinski definition) is 4. The molecule has 2 aromatic rings. The molecule has 0 saturated carbocycles. The molecule has 2 aromatic carbocycles.